The van der Waals surface area contributed by atoms with Crippen molar-refractivity contribution >= 4 is 46.3 Å². The van der Waals surface area contributed by atoms with Gasteiger partial charge in [0.2, 0.25) is 0 Å². The standard InChI is InChI=1S/C26H25.C12H9Si.2ClH.Zr/c1-3-4-10-20-17-22-16-15-19(2)26(25(22)18-20)24-14-9-8-13-23(24)21-11-6-5-7-12-21;1-3-7-11-9(5-1)10-6-2-4-8-12(10)13-11;;;/h5-9,11-18H,3-4,10H2,1-2H3;1-7H,13H2;2*1H;/q;;;;+2/p-2. The molecule has 0 radical (unpaired) electrons. The molecule has 4 heteroatoms. The number of unbranched alkanes of at least 4 members (excludes halogenated alkanes) is 1. The zero-order valence-corrected chi connectivity index (χ0v) is 29.5. The van der Waals surface area contributed by atoms with Crippen LogP contribution in [0.3, 0.4) is 0 Å². The van der Waals surface area contributed by atoms with E-state index in [-0.39, 0.29) is 3.63 Å². The van der Waals surface area contributed by atoms with E-state index >= 15 is 0 Å². The van der Waals surface area contributed by atoms with Crippen LogP contribution in [0.4, 0.5) is 0 Å². The molecule has 2 aliphatic rings. The molecule has 1 aliphatic heterocycles. The second-order valence-corrected chi connectivity index (χ2v) is 27.5. The maximum absolute atomic E-state index is 7.92. The molecule has 1 aliphatic carbocycles. The van der Waals surface area contributed by atoms with E-state index in [1.165, 1.54) is 69.3 Å². The average Bonchev–Trinajstić information content (AvgIpc) is 3.59. The summed E-state index contributed by atoms with van der Waals surface area (Å²) in [4.78, 5) is 0. The van der Waals surface area contributed by atoms with E-state index in [4.69, 9.17) is 17.0 Å². The Balaban J connectivity index is 1.40. The monoisotopic (exact) mass is 678 g/mol. The molecule has 0 saturated carbocycles. The molecule has 7 rings (SSSR count). The summed E-state index contributed by atoms with van der Waals surface area (Å²) < 4.78 is 1.41. The first-order valence-corrected chi connectivity index (χ1v) is 25.5. The van der Waals surface area contributed by atoms with Crippen LogP contribution in [-0.4, -0.2) is 9.52 Å². The van der Waals surface area contributed by atoms with E-state index in [2.05, 4.69) is 129 Å². The third-order valence-corrected chi connectivity index (χ3v) is 23.5. The van der Waals surface area contributed by atoms with Gasteiger partial charge in [0.25, 0.3) is 0 Å². The van der Waals surface area contributed by atoms with Crippen molar-refractivity contribution in [1.82, 2.24) is 0 Å². The number of aryl methyl sites for hydroxylation is 1. The van der Waals surface area contributed by atoms with E-state index in [1.54, 1.807) is 0 Å². The summed E-state index contributed by atoms with van der Waals surface area (Å²) in [5.41, 5.74) is 13.2. The van der Waals surface area contributed by atoms with E-state index in [0.29, 0.717) is 0 Å². The average molecular weight is 681 g/mol. The Morgan fingerprint density at radius 3 is 2.19 bits per heavy atom. The summed E-state index contributed by atoms with van der Waals surface area (Å²) in [6.45, 7) is 4.52. The first-order chi connectivity index (χ1) is 20.5. The summed E-state index contributed by atoms with van der Waals surface area (Å²) in [5, 5.41) is 3.00. The number of hydrogen-bond donors (Lipinski definition) is 0. The van der Waals surface area contributed by atoms with Gasteiger partial charge in [0.05, 0.1) is 0 Å². The summed E-state index contributed by atoms with van der Waals surface area (Å²) in [5.74, 6) is 0. The van der Waals surface area contributed by atoms with Gasteiger partial charge in [0.1, 0.15) is 0 Å². The Morgan fingerprint density at radius 1 is 0.714 bits per heavy atom. The molecule has 1 atom stereocenters. The molecule has 5 aromatic rings. The maximum atomic E-state index is 7.92. The fraction of sp³-hybridized carbons (Fsp3) is 0.158. The molecule has 0 N–H and O–H groups in total. The Kier molecular flexibility index (Phi) is 7.78. The summed E-state index contributed by atoms with van der Waals surface area (Å²) in [6.07, 6.45) is 5.82. The van der Waals surface area contributed by atoms with Crippen molar-refractivity contribution in [2.24, 2.45) is 0 Å². The third kappa shape index (κ3) is 4.76. The molecule has 208 valence electrons. The summed E-state index contributed by atoms with van der Waals surface area (Å²) >= 11 is -4.01. The van der Waals surface area contributed by atoms with Crippen LogP contribution in [0.1, 0.15) is 46.5 Å². The number of allylic oxidation sites excluding steroid dienone is 1. The minimum atomic E-state index is -4.01. The molecule has 0 aromatic heterocycles. The number of rotatable bonds is 7. The second-order valence-electron chi connectivity index (χ2n) is 11.7. The van der Waals surface area contributed by atoms with Gasteiger partial charge in [-0.15, -0.1) is 0 Å². The summed E-state index contributed by atoms with van der Waals surface area (Å²) in [6, 6.07) is 39.9. The van der Waals surface area contributed by atoms with E-state index in [9.17, 15) is 0 Å². The molecule has 0 amide bonds. The molecule has 5 aromatic carbocycles. The van der Waals surface area contributed by atoms with Crippen LogP contribution in [0.2, 0.25) is 0 Å². The number of benzene rings is 5. The Labute approximate surface area is 263 Å². The molecule has 0 nitrogen and oxygen atoms in total. The molecular weight excluding hydrogens is 647 g/mol. The predicted octanol–water partition coefficient (Wildman–Crippen LogP) is 8.84. The molecule has 1 unspecified atom stereocenters. The van der Waals surface area contributed by atoms with Crippen molar-refractivity contribution in [2.45, 2.75) is 36.7 Å². The summed E-state index contributed by atoms with van der Waals surface area (Å²) in [7, 11) is 15.2. The minimum absolute atomic E-state index is 0.108. The first-order valence-electron chi connectivity index (χ1n) is 15.1. The Morgan fingerprint density at radius 2 is 1.40 bits per heavy atom. The molecule has 1 heterocycles. The van der Waals surface area contributed by atoms with Crippen LogP contribution < -0.4 is 13.6 Å². The SMILES string of the molecule is CCCCC1=Cc2c(ccc(C)c2-c2ccccc2-c2ccccc2)[CH]1[Zr]([Cl])([Cl])[c]1cccc2c1[SiH2]c1ccccc1-2. The molecule has 0 bridgehead atoms. The van der Waals surface area contributed by atoms with E-state index in [1.807, 2.05) is 0 Å². The third-order valence-electron chi connectivity index (χ3n) is 9.17. The van der Waals surface area contributed by atoms with Gasteiger partial charge in [0, 0.05) is 0 Å². The fourth-order valence-corrected chi connectivity index (χ4v) is 24.1. The normalized spacial score (nSPS) is 15.8. The van der Waals surface area contributed by atoms with Crippen LogP contribution in [0.15, 0.2) is 115 Å². The van der Waals surface area contributed by atoms with Gasteiger partial charge in [-0.05, 0) is 0 Å². The van der Waals surface area contributed by atoms with Gasteiger partial charge >= 0.3 is 266 Å². The van der Waals surface area contributed by atoms with Crippen LogP contribution in [0.25, 0.3) is 39.5 Å². The van der Waals surface area contributed by atoms with Crippen molar-refractivity contribution in [2.75, 3.05) is 0 Å². The van der Waals surface area contributed by atoms with Gasteiger partial charge in [0.15, 0.2) is 0 Å². The van der Waals surface area contributed by atoms with Crippen molar-refractivity contribution in [3.05, 3.63) is 131 Å². The number of fused-ring (bicyclic) bond motifs is 4. The zero-order chi connectivity index (χ0) is 28.8. The fourth-order valence-electron chi connectivity index (χ4n) is 7.20. The zero-order valence-electron chi connectivity index (χ0n) is 24.1. The van der Waals surface area contributed by atoms with Gasteiger partial charge in [-0.2, -0.15) is 0 Å². The van der Waals surface area contributed by atoms with Gasteiger partial charge in [-0.1, -0.05) is 0 Å². The quantitative estimate of drug-likeness (QED) is 0.148. The van der Waals surface area contributed by atoms with Gasteiger partial charge in [-0.25, -0.2) is 0 Å². The van der Waals surface area contributed by atoms with Crippen molar-refractivity contribution < 1.29 is 17.9 Å². The Bertz CT molecular complexity index is 1840. The van der Waals surface area contributed by atoms with Crippen molar-refractivity contribution in [3.63, 3.8) is 0 Å². The van der Waals surface area contributed by atoms with Crippen molar-refractivity contribution in [3.8, 4) is 33.4 Å². The van der Waals surface area contributed by atoms with Crippen LogP contribution in [0, 0.1) is 6.92 Å². The predicted molar refractivity (Wildman–Crippen MR) is 183 cm³/mol. The molecule has 42 heavy (non-hydrogen) atoms. The molecule has 0 spiro atoms. The second kappa shape index (κ2) is 11.5. The first kappa shape index (κ1) is 28.3. The molecule has 0 saturated heterocycles. The van der Waals surface area contributed by atoms with Gasteiger partial charge < -0.3 is 0 Å². The van der Waals surface area contributed by atoms with Gasteiger partial charge in [-0.3, -0.25) is 0 Å². The van der Waals surface area contributed by atoms with Crippen LogP contribution in [0.5, 0.6) is 0 Å². The van der Waals surface area contributed by atoms with Crippen molar-refractivity contribution in [1.29, 1.82) is 0 Å². The van der Waals surface area contributed by atoms with E-state index < -0.39 is 27.4 Å². The molecular formula is C38H34Cl2SiZr. The molecule has 0 fully saturated rings. The Hall–Kier alpha value is -2.48. The van der Waals surface area contributed by atoms with Crippen LogP contribution in [-0.2, 0) is 17.9 Å². The number of halogens is 2. The van der Waals surface area contributed by atoms with Crippen LogP contribution >= 0.6 is 17.0 Å². The number of hydrogen-bond acceptors (Lipinski definition) is 0. The van der Waals surface area contributed by atoms with E-state index in [0.717, 1.165) is 19.3 Å². The topological polar surface area (TPSA) is 0 Å².